The normalized spacial score (nSPS) is 15.2. The highest BCUT2D eigenvalue weighted by molar-refractivity contribution is 7.12. The van der Waals surface area contributed by atoms with Crippen molar-refractivity contribution in [2.45, 2.75) is 12.8 Å². The molecule has 1 amide bonds. The summed E-state index contributed by atoms with van der Waals surface area (Å²) in [6.07, 6.45) is 5.62. The molecule has 2 aromatic heterocycles. The van der Waals surface area contributed by atoms with Crippen LogP contribution in [-0.4, -0.2) is 46.2 Å². The molecule has 3 heterocycles. The zero-order chi connectivity index (χ0) is 22.9. The van der Waals surface area contributed by atoms with Gasteiger partial charge >= 0.3 is 5.69 Å². The van der Waals surface area contributed by atoms with E-state index in [1.807, 2.05) is 12.1 Å². The first kappa shape index (κ1) is 21.2. The van der Waals surface area contributed by atoms with E-state index in [2.05, 4.69) is 32.7 Å². The lowest BCUT2D eigenvalue weighted by Crippen LogP contribution is -2.43. The maximum atomic E-state index is 13.1. The van der Waals surface area contributed by atoms with E-state index in [0.29, 0.717) is 16.4 Å². The van der Waals surface area contributed by atoms with E-state index in [-0.39, 0.29) is 17.3 Å². The van der Waals surface area contributed by atoms with Gasteiger partial charge in [0.05, 0.1) is 34.4 Å². The van der Waals surface area contributed by atoms with Crippen LogP contribution in [0.3, 0.4) is 0 Å². The summed E-state index contributed by atoms with van der Waals surface area (Å²) in [5.41, 5.74) is 3.78. The van der Waals surface area contributed by atoms with E-state index >= 15 is 0 Å². The number of hydrogen-bond acceptors (Lipinski definition) is 7. The van der Waals surface area contributed by atoms with Gasteiger partial charge in [0.1, 0.15) is 5.69 Å². The fourth-order valence-corrected chi connectivity index (χ4v) is 5.10. The Morgan fingerprint density at radius 1 is 1.30 bits per heavy atom. The molecule has 2 N–H and O–H groups in total. The van der Waals surface area contributed by atoms with E-state index in [9.17, 15) is 14.9 Å². The number of hydrogen-bond donors (Lipinski definition) is 2. The largest absolute Gasteiger partial charge is 0.367 e. The van der Waals surface area contributed by atoms with E-state index in [1.165, 1.54) is 11.3 Å². The Morgan fingerprint density at radius 2 is 2.12 bits per heavy atom. The summed E-state index contributed by atoms with van der Waals surface area (Å²) >= 11 is 1.26. The van der Waals surface area contributed by atoms with Gasteiger partial charge in [-0.1, -0.05) is 6.08 Å². The standard InChI is InChI=1S/C23H23N7O2S/c1-28-19-4-2-3-5-20(19)30(23(28)32)22-27-17(14-33-22)21(31)26-16-12-15(13-24)6-7-18(16)29-10-8-25-9-11-29/h2,4,6-7,12,14,25H,3,5,8-11H2,1H3,(H,26,31). The zero-order valence-corrected chi connectivity index (χ0v) is 19.0. The third kappa shape index (κ3) is 3.86. The number of amides is 1. The third-order valence-electron chi connectivity index (χ3n) is 5.98. The van der Waals surface area contributed by atoms with Crippen LogP contribution in [-0.2, 0) is 13.5 Å². The fraction of sp³-hybridized carbons (Fsp3) is 0.304. The molecule has 1 saturated heterocycles. The SMILES string of the molecule is Cn1c2c(n(-c3nc(C(=O)Nc4cc(C#N)ccc4N4CCNCC4)cs3)c1=O)CCC=C2. The van der Waals surface area contributed by atoms with Crippen molar-refractivity contribution in [3.8, 4) is 11.2 Å². The van der Waals surface area contributed by atoms with Crippen LogP contribution in [0.4, 0.5) is 11.4 Å². The minimum Gasteiger partial charge on any atom is -0.367 e. The predicted molar refractivity (Wildman–Crippen MR) is 128 cm³/mol. The maximum Gasteiger partial charge on any atom is 0.335 e. The Hall–Kier alpha value is -3.68. The molecule has 1 fully saturated rings. The molecule has 1 aliphatic carbocycles. The molecule has 2 aliphatic rings. The molecule has 0 bridgehead atoms. The van der Waals surface area contributed by atoms with Crippen LogP contribution in [0.25, 0.3) is 11.2 Å². The highest BCUT2D eigenvalue weighted by Crippen LogP contribution is 2.29. The van der Waals surface area contributed by atoms with Crippen molar-refractivity contribution in [3.05, 3.63) is 62.8 Å². The van der Waals surface area contributed by atoms with Gasteiger partial charge in [-0.05, 0) is 37.1 Å². The lowest BCUT2D eigenvalue weighted by Gasteiger charge is -2.31. The summed E-state index contributed by atoms with van der Waals surface area (Å²) < 4.78 is 3.21. The van der Waals surface area contributed by atoms with Crippen LogP contribution < -0.4 is 21.2 Å². The molecular formula is C23H23N7O2S. The average Bonchev–Trinajstić information content (AvgIpc) is 3.43. The van der Waals surface area contributed by atoms with Gasteiger partial charge in [0, 0.05) is 38.6 Å². The highest BCUT2D eigenvalue weighted by atomic mass is 32.1. The highest BCUT2D eigenvalue weighted by Gasteiger charge is 2.23. The number of allylic oxidation sites excluding steroid dienone is 1. The van der Waals surface area contributed by atoms with Gasteiger partial charge in [-0.15, -0.1) is 11.3 Å². The van der Waals surface area contributed by atoms with Crippen molar-refractivity contribution in [1.29, 1.82) is 5.26 Å². The molecular weight excluding hydrogens is 438 g/mol. The fourth-order valence-electron chi connectivity index (χ4n) is 4.28. The van der Waals surface area contributed by atoms with Crippen LogP contribution in [0.5, 0.6) is 0 Å². The number of carbonyl (C=O) groups excluding carboxylic acids is 1. The van der Waals surface area contributed by atoms with Gasteiger partial charge in [0.2, 0.25) is 0 Å². The smallest absolute Gasteiger partial charge is 0.335 e. The van der Waals surface area contributed by atoms with Gasteiger partial charge in [0.15, 0.2) is 5.13 Å². The van der Waals surface area contributed by atoms with Gasteiger partial charge in [-0.2, -0.15) is 5.26 Å². The molecule has 0 radical (unpaired) electrons. The number of piperazine rings is 1. The van der Waals surface area contributed by atoms with Crippen molar-refractivity contribution < 1.29 is 4.79 Å². The average molecular weight is 462 g/mol. The molecule has 1 aromatic carbocycles. The van der Waals surface area contributed by atoms with Crippen molar-refractivity contribution in [2.24, 2.45) is 7.05 Å². The van der Waals surface area contributed by atoms with Crippen LogP contribution in [0.1, 0.15) is 33.9 Å². The number of thiazole rings is 1. The monoisotopic (exact) mass is 461 g/mol. The van der Waals surface area contributed by atoms with Gasteiger partial charge in [-0.3, -0.25) is 9.36 Å². The van der Waals surface area contributed by atoms with E-state index in [4.69, 9.17) is 0 Å². The lowest BCUT2D eigenvalue weighted by molar-refractivity contribution is 0.102. The number of carbonyl (C=O) groups is 1. The van der Waals surface area contributed by atoms with Crippen LogP contribution >= 0.6 is 11.3 Å². The third-order valence-corrected chi connectivity index (χ3v) is 6.80. The first-order valence-electron chi connectivity index (χ1n) is 10.8. The summed E-state index contributed by atoms with van der Waals surface area (Å²) in [5, 5.41) is 17.7. The quantitative estimate of drug-likeness (QED) is 0.616. The maximum absolute atomic E-state index is 13.1. The number of fused-ring (bicyclic) bond motifs is 1. The molecule has 33 heavy (non-hydrogen) atoms. The number of nitrogens with zero attached hydrogens (tertiary/aromatic N) is 5. The van der Waals surface area contributed by atoms with E-state index in [0.717, 1.165) is 56.1 Å². The van der Waals surface area contributed by atoms with Gasteiger partial charge < -0.3 is 15.5 Å². The number of benzene rings is 1. The summed E-state index contributed by atoms with van der Waals surface area (Å²) in [6, 6.07) is 7.45. The molecule has 10 heteroatoms. The first-order chi connectivity index (χ1) is 16.1. The van der Waals surface area contributed by atoms with E-state index < -0.39 is 0 Å². The second kappa shape index (κ2) is 8.69. The minimum absolute atomic E-state index is 0.171. The molecule has 9 nitrogen and oxygen atoms in total. The zero-order valence-electron chi connectivity index (χ0n) is 18.2. The molecule has 1 aliphatic heterocycles. The molecule has 0 spiro atoms. The van der Waals surface area contributed by atoms with Gasteiger partial charge in [-0.25, -0.2) is 14.3 Å². The second-order valence-corrected chi connectivity index (χ2v) is 8.84. The van der Waals surface area contributed by atoms with Gasteiger partial charge in [0.25, 0.3) is 5.91 Å². The predicted octanol–water partition coefficient (Wildman–Crippen LogP) is 2.13. The number of nitrogens with one attached hydrogen (secondary N) is 2. The number of rotatable bonds is 4. The summed E-state index contributed by atoms with van der Waals surface area (Å²) in [4.78, 5) is 32.6. The molecule has 3 aromatic rings. The second-order valence-electron chi connectivity index (χ2n) is 8.00. The molecule has 0 atom stereocenters. The van der Waals surface area contributed by atoms with Crippen molar-refractivity contribution >= 4 is 34.7 Å². The molecule has 0 unspecified atom stereocenters. The van der Waals surface area contributed by atoms with Crippen molar-refractivity contribution in [1.82, 2.24) is 19.4 Å². The van der Waals surface area contributed by atoms with Crippen LogP contribution in [0.15, 0.2) is 34.4 Å². The Labute approximate surface area is 194 Å². The topological polar surface area (TPSA) is 108 Å². The lowest BCUT2D eigenvalue weighted by atomic mass is 10.1. The molecule has 0 saturated carbocycles. The Bertz CT molecular complexity index is 1350. The van der Waals surface area contributed by atoms with Crippen molar-refractivity contribution in [2.75, 3.05) is 36.4 Å². The Kier molecular flexibility index (Phi) is 5.58. The van der Waals surface area contributed by atoms with Crippen LogP contribution in [0.2, 0.25) is 0 Å². The van der Waals surface area contributed by atoms with Crippen LogP contribution in [0, 0.1) is 11.3 Å². The molecule has 5 rings (SSSR count). The number of nitriles is 1. The first-order valence-corrected chi connectivity index (χ1v) is 11.7. The van der Waals surface area contributed by atoms with Crippen molar-refractivity contribution in [3.63, 3.8) is 0 Å². The minimum atomic E-state index is -0.373. The van der Waals surface area contributed by atoms with E-state index in [1.54, 1.807) is 33.7 Å². The molecule has 168 valence electrons. The number of aromatic nitrogens is 3. The number of anilines is 2. The Morgan fingerprint density at radius 3 is 2.91 bits per heavy atom. The Balaban J connectivity index is 1.45. The number of imidazole rings is 1. The summed E-state index contributed by atoms with van der Waals surface area (Å²) in [7, 11) is 1.74. The summed E-state index contributed by atoms with van der Waals surface area (Å²) in [6.45, 7) is 3.33. The summed E-state index contributed by atoms with van der Waals surface area (Å²) in [5.74, 6) is -0.373.